The zero-order valence-electron chi connectivity index (χ0n) is 16.7. The number of nitrogens with zero attached hydrogens (tertiary/aromatic N) is 2. The average Bonchev–Trinajstić information content (AvgIpc) is 2.81. The molecule has 8 nitrogen and oxygen atoms in total. The first-order valence-electron chi connectivity index (χ1n) is 9.79. The SMILES string of the molecule is O=C(Nc1ccc(S(=O)(=O)Nc2ccc(N3CCOCC3)cc2)cc1)c1ccccn1. The van der Waals surface area contributed by atoms with Gasteiger partial charge in [0.25, 0.3) is 15.9 Å². The molecule has 1 fully saturated rings. The van der Waals surface area contributed by atoms with Crippen LogP contribution in [0.5, 0.6) is 0 Å². The first kappa shape index (κ1) is 20.8. The van der Waals surface area contributed by atoms with Gasteiger partial charge in [0.15, 0.2) is 0 Å². The zero-order valence-corrected chi connectivity index (χ0v) is 17.5. The molecule has 4 rings (SSSR count). The number of hydrogen-bond acceptors (Lipinski definition) is 6. The lowest BCUT2D eigenvalue weighted by atomic mass is 10.2. The van der Waals surface area contributed by atoms with Crippen molar-refractivity contribution in [2.45, 2.75) is 4.90 Å². The minimum atomic E-state index is -3.76. The zero-order chi connectivity index (χ0) is 21.7. The van der Waals surface area contributed by atoms with E-state index in [1.807, 2.05) is 12.1 Å². The molecule has 1 aromatic heterocycles. The van der Waals surface area contributed by atoms with Crippen molar-refractivity contribution in [3.05, 3.63) is 78.6 Å². The van der Waals surface area contributed by atoms with E-state index >= 15 is 0 Å². The minimum Gasteiger partial charge on any atom is -0.378 e. The van der Waals surface area contributed by atoms with Crippen LogP contribution in [-0.2, 0) is 14.8 Å². The van der Waals surface area contributed by atoms with Gasteiger partial charge < -0.3 is 15.0 Å². The van der Waals surface area contributed by atoms with Crippen molar-refractivity contribution in [3.8, 4) is 0 Å². The van der Waals surface area contributed by atoms with E-state index in [0.29, 0.717) is 24.6 Å². The number of amides is 1. The Hall–Kier alpha value is -3.43. The Bertz CT molecular complexity index is 1130. The van der Waals surface area contributed by atoms with Crippen LogP contribution in [0.25, 0.3) is 0 Å². The van der Waals surface area contributed by atoms with Gasteiger partial charge in [-0.2, -0.15) is 0 Å². The number of anilines is 3. The quantitative estimate of drug-likeness (QED) is 0.614. The highest BCUT2D eigenvalue weighted by Gasteiger charge is 2.16. The molecule has 0 bridgehead atoms. The van der Waals surface area contributed by atoms with Crippen molar-refractivity contribution in [1.82, 2.24) is 4.98 Å². The Morgan fingerprint density at radius 3 is 2.23 bits per heavy atom. The minimum absolute atomic E-state index is 0.0978. The molecule has 1 aliphatic heterocycles. The van der Waals surface area contributed by atoms with Gasteiger partial charge in [-0.05, 0) is 60.7 Å². The highest BCUT2D eigenvalue weighted by atomic mass is 32.2. The Balaban J connectivity index is 1.41. The summed E-state index contributed by atoms with van der Waals surface area (Å²) in [5.41, 5.74) is 2.26. The van der Waals surface area contributed by atoms with Crippen LogP contribution >= 0.6 is 0 Å². The van der Waals surface area contributed by atoms with Gasteiger partial charge in [0, 0.05) is 36.3 Å². The first-order valence-corrected chi connectivity index (χ1v) is 11.3. The molecule has 0 saturated carbocycles. The molecular weight excluding hydrogens is 416 g/mol. The maximum atomic E-state index is 12.7. The molecule has 0 unspecified atom stereocenters. The van der Waals surface area contributed by atoms with Crippen LogP contribution in [0.15, 0.2) is 77.8 Å². The number of hydrogen-bond donors (Lipinski definition) is 2. The Morgan fingerprint density at radius 1 is 0.903 bits per heavy atom. The van der Waals surface area contributed by atoms with E-state index < -0.39 is 10.0 Å². The van der Waals surface area contributed by atoms with Crippen molar-refractivity contribution in [2.24, 2.45) is 0 Å². The molecule has 0 atom stereocenters. The molecule has 1 saturated heterocycles. The summed E-state index contributed by atoms with van der Waals surface area (Å²) in [5, 5.41) is 2.69. The second-order valence-corrected chi connectivity index (χ2v) is 8.63. The summed E-state index contributed by atoms with van der Waals surface area (Å²) in [4.78, 5) is 18.4. The topological polar surface area (TPSA) is 101 Å². The molecule has 0 aliphatic carbocycles. The van der Waals surface area contributed by atoms with Crippen molar-refractivity contribution >= 4 is 33.0 Å². The standard InChI is InChI=1S/C22H22N4O4S/c27-22(21-3-1-2-12-23-21)24-17-6-10-20(11-7-17)31(28,29)25-18-4-8-19(9-5-18)26-13-15-30-16-14-26/h1-12,25H,13-16H2,(H,24,27). The van der Waals surface area contributed by atoms with Crippen molar-refractivity contribution in [2.75, 3.05) is 41.2 Å². The van der Waals surface area contributed by atoms with Crippen LogP contribution in [0.3, 0.4) is 0 Å². The fraction of sp³-hybridized carbons (Fsp3) is 0.182. The van der Waals surface area contributed by atoms with Crippen molar-refractivity contribution < 1.29 is 17.9 Å². The third kappa shape index (κ3) is 5.19. The Morgan fingerprint density at radius 2 is 1.58 bits per heavy atom. The van der Waals surface area contributed by atoms with E-state index in [1.54, 1.807) is 30.3 Å². The number of benzene rings is 2. The van der Waals surface area contributed by atoms with E-state index in [0.717, 1.165) is 18.8 Å². The second-order valence-electron chi connectivity index (χ2n) is 6.95. The van der Waals surface area contributed by atoms with Crippen molar-refractivity contribution in [1.29, 1.82) is 0 Å². The molecule has 9 heteroatoms. The summed E-state index contributed by atoms with van der Waals surface area (Å²) < 4.78 is 33.4. The number of aromatic nitrogens is 1. The van der Waals surface area contributed by atoms with Crippen molar-refractivity contribution in [3.63, 3.8) is 0 Å². The monoisotopic (exact) mass is 438 g/mol. The van der Waals surface area contributed by atoms with Crippen LogP contribution in [0.2, 0.25) is 0 Å². The van der Waals surface area contributed by atoms with E-state index in [2.05, 4.69) is 19.9 Å². The molecule has 0 spiro atoms. The first-order chi connectivity index (χ1) is 15.0. The van der Waals surface area contributed by atoms with E-state index in [9.17, 15) is 13.2 Å². The lowest BCUT2D eigenvalue weighted by Gasteiger charge is -2.28. The molecule has 3 aromatic rings. The smallest absolute Gasteiger partial charge is 0.274 e. The fourth-order valence-electron chi connectivity index (χ4n) is 3.19. The summed E-state index contributed by atoms with van der Waals surface area (Å²) in [6.07, 6.45) is 1.53. The van der Waals surface area contributed by atoms with Gasteiger partial charge in [0.1, 0.15) is 5.69 Å². The summed E-state index contributed by atoms with van der Waals surface area (Å²) in [5.74, 6) is -0.366. The third-order valence-electron chi connectivity index (χ3n) is 4.82. The Labute approximate surface area is 180 Å². The van der Waals surface area contributed by atoms with Gasteiger partial charge >= 0.3 is 0 Å². The van der Waals surface area contributed by atoms with Gasteiger partial charge in [-0.3, -0.25) is 14.5 Å². The number of morpholine rings is 1. The maximum absolute atomic E-state index is 12.7. The summed E-state index contributed by atoms with van der Waals surface area (Å²) in [6, 6.07) is 18.3. The molecule has 31 heavy (non-hydrogen) atoms. The number of carbonyl (C=O) groups is 1. The van der Waals surface area contributed by atoms with Crippen LogP contribution < -0.4 is 14.9 Å². The third-order valence-corrected chi connectivity index (χ3v) is 6.21. The average molecular weight is 439 g/mol. The number of pyridine rings is 1. The lowest BCUT2D eigenvalue weighted by molar-refractivity contribution is 0.102. The maximum Gasteiger partial charge on any atom is 0.274 e. The second kappa shape index (κ2) is 9.15. The van der Waals surface area contributed by atoms with Crippen LogP contribution in [0.1, 0.15) is 10.5 Å². The summed E-state index contributed by atoms with van der Waals surface area (Å²) in [6.45, 7) is 3.00. The van der Waals surface area contributed by atoms with Gasteiger partial charge in [0.2, 0.25) is 0 Å². The lowest BCUT2D eigenvalue weighted by Crippen LogP contribution is -2.36. The highest BCUT2D eigenvalue weighted by Crippen LogP contribution is 2.22. The number of nitrogens with one attached hydrogen (secondary N) is 2. The molecule has 160 valence electrons. The van der Waals surface area contributed by atoms with Crippen LogP contribution in [-0.4, -0.2) is 45.6 Å². The van der Waals surface area contributed by atoms with Gasteiger partial charge in [0.05, 0.1) is 18.1 Å². The molecule has 2 aromatic carbocycles. The number of rotatable bonds is 6. The highest BCUT2D eigenvalue weighted by molar-refractivity contribution is 7.92. The van der Waals surface area contributed by atoms with Gasteiger partial charge in [-0.25, -0.2) is 8.42 Å². The molecule has 0 radical (unpaired) electrons. The molecular formula is C22H22N4O4S. The predicted molar refractivity (Wildman–Crippen MR) is 119 cm³/mol. The normalized spacial score (nSPS) is 14.1. The van der Waals surface area contributed by atoms with E-state index in [1.165, 1.54) is 30.5 Å². The molecule has 1 aliphatic rings. The van der Waals surface area contributed by atoms with Gasteiger partial charge in [-0.1, -0.05) is 6.07 Å². The van der Waals surface area contributed by atoms with E-state index in [-0.39, 0.29) is 16.5 Å². The number of carbonyl (C=O) groups excluding carboxylic acids is 1. The van der Waals surface area contributed by atoms with Gasteiger partial charge in [-0.15, -0.1) is 0 Å². The summed E-state index contributed by atoms with van der Waals surface area (Å²) in [7, 11) is -3.76. The fourth-order valence-corrected chi connectivity index (χ4v) is 4.24. The predicted octanol–water partition coefficient (Wildman–Crippen LogP) is 2.97. The molecule has 1 amide bonds. The van der Waals surface area contributed by atoms with Crippen LogP contribution in [0.4, 0.5) is 17.1 Å². The summed E-state index contributed by atoms with van der Waals surface area (Å²) >= 11 is 0. The molecule has 2 heterocycles. The van der Waals surface area contributed by atoms with Crippen LogP contribution in [0, 0.1) is 0 Å². The number of sulfonamides is 1. The van der Waals surface area contributed by atoms with E-state index in [4.69, 9.17) is 4.74 Å². The number of ether oxygens (including phenoxy) is 1. The largest absolute Gasteiger partial charge is 0.378 e. The Kier molecular flexibility index (Phi) is 6.15. The molecule has 2 N–H and O–H groups in total.